The third-order valence-electron chi connectivity index (χ3n) is 2.13. The van der Waals surface area contributed by atoms with E-state index in [1.807, 2.05) is 25.2 Å². The summed E-state index contributed by atoms with van der Waals surface area (Å²) >= 11 is 3.36. The summed E-state index contributed by atoms with van der Waals surface area (Å²) in [5, 5.41) is 7.47. The molecule has 0 aromatic heterocycles. The van der Waals surface area contributed by atoms with Gasteiger partial charge in [0.25, 0.3) is 0 Å². The van der Waals surface area contributed by atoms with Crippen molar-refractivity contribution in [3.05, 3.63) is 28.2 Å². The van der Waals surface area contributed by atoms with Crippen LogP contribution in [0.1, 0.15) is 12.5 Å². The molecule has 0 saturated heterocycles. The number of anilines is 1. The highest BCUT2D eigenvalue weighted by Crippen LogP contribution is 2.23. The Morgan fingerprint density at radius 2 is 2.21 bits per heavy atom. The van der Waals surface area contributed by atoms with Crippen LogP contribution in [0.4, 0.5) is 5.69 Å². The highest BCUT2D eigenvalue weighted by molar-refractivity contribution is 9.10. The second-order valence-corrected chi connectivity index (χ2v) is 4.00. The van der Waals surface area contributed by atoms with Crippen LogP contribution in [0, 0.1) is 5.41 Å². The number of amidine groups is 1. The van der Waals surface area contributed by atoms with Gasteiger partial charge in [-0.05, 0) is 25.1 Å². The van der Waals surface area contributed by atoms with Gasteiger partial charge in [-0.2, -0.15) is 0 Å². The monoisotopic (exact) mass is 255 g/mol. The standard InChI is InChI=1S/C10H14BrN3/c1-3-14(2)9-5-4-7(11)6-8(9)10(12)13/h4-6H,3H2,1-2H3,(H3,12,13). The van der Waals surface area contributed by atoms with E-state index in [4.69, 9.17) is 11.1 Å². The first-order valence-corrected chi connectivity index (χ1v) is 5.20. The number of nitrogens with zero attached hydrogens (tertiary/aromatic N) is 1. The molecule has 3 nitrogen and oxygen atoms in total. The Balaban J connectivity index is 3.21. The maximum atomic E-state index is 7.47. The number of rotatable bonds is 3. The predicted octanol–water partition coefficient (Wildman–Crippen LogP) is 2.19. The number of nitrogen functional groups attached to an aromatic ring is 1. The van der Waals surface area contributed by atoms with Gasteiger partial charge in [0.05, 0.1) is 0 Å². The molecule has 1 rings (SSSR count). The molecule has 0 atom stereocenters. The van der Waals surface area contributed by atoms with Crippen LogP contribution in [-0.4, -0.2) is 19.4 Å². The van der Waals surface area contributed by atoms with Crippen LogP contribution in [0.2, 0.25) is 0 Å². The Hall–Kier alpha value is -1.03. The average molecular weight is 256 g/mol. The van der Waals surface area contributed by atoms with Crippen LogP contribution >= 0.6 is 15.9 Å². The third kappa shape index (κ3) is 2.26. The van der Waals surface area contributed by atoms with Crippen LogP contribution in [0.15, 0.2) is 22.7 Å². The molecule has 0 aliphatic heterocycles. The van der Waals surface area contributed by atoms with E-state index in [1.165, 1.54) is 0 Å². The van der Waals surface area contributed by atoms with Crippen molar-refractivity contribution in [2.75, 3.05) is 18.5 Å². The molecule has 0 aliphatic carbocycles. The highest BCUT2D eigenvalue weighted by Gasteiger charge is 2.08. The minimum absolute atomic E-state index is 0.0987. The smallest absolute Gasteiger partial charge is 0.124 e. The van der Waals surface area contributed by atoms with Gasteiger partial charge in [-0.25, -0.2) is 0 Å². The maximum absolute atomic E-state index is 7.47. The van der Waals surface area contributed by atoms with Crippen LogP contribution in [0.5, 0.6) is 0 Å². The van der Waals surface area contributed by atoms with E-state index >= 15 is 0 Å². The lowest BCUT2D eigenvalue weighted by atomic mass is 10.1. The molecule has 0 saturated carbocycles. The first-order chi connectivity index (χ1) is 6.56. The SMILES string of the molecule is CCN(C)c1ccc(Br)cc1C(=N)N. The molecule has 14 heavy (non-hydrogen) atoms. The molecule has 0 radical (unpaired) electrons. The zero-order chi connectivity index (χ0) is 10.7. The summed E-state index contributed by atoms with van der Waals surface area (Å²) in [6, 6.07) is 5.78. The van der Waals surface area contributed by atoms with Crippen molar-refractivity contribution in [2.24, 2.45) is 5.73 Å². The molecule has 0 fully saturated rings. The van der Waals surface area contributed by atoms with Gasteiger partial charge in [0.2, 0.25) is 0 Å². The van der Waals surface area contributed by atoms with Gasteiger partial charge >= 0.3 is 0 Å². The van der Waals surface area contributed by atoms with Crippen molar-refractivity contribution in [2.45, 2.75) is 6.92 Å². The Morgan fingerprint density at radius 1 is 1.57 bits per heavy atom. The molecule has 0 heterocycles. The number of hydrogen-bond acceptors (Lipinski definition) is 2. The van der Waals surface area contributed by atoms with Crippen LogP contribution < -0.4 is 10.6 Å². The van der Waals surface area contributed by atoms with Crippen molar-refractivity contribution in [3.8, 4) is 0 Å². The topological polar surface area (TPSA) is 53.1 Å². The van der Waals surface area contributed by atoms with E-state index in [2.05, 4.69) is 27.8 Å². The van der Waals surface area contributed by atoms with Crippen molar-refractivity contribution >= 4 is 27.5 Å². The second-order valence-electron chi connectivity index (χ2n) is 3.09. The number of benzene rings is 1. The van der Waals surface area contributed by atoms with Crippen LogP contribution in [0.25, 0.3) is 0 Å². The summed E-state index contributed by atoms with van der Waals surface area (Å²) in [5.74, 6) is 0.0987. The summed E-state index contributed by atoms with van der Waals surface area (Å²) in [5.41, 5.74) is 7.27. The third-order valence-corrected chi connectivity index (χ3v) is 2.63. The Labute approximate surface area is 92.5 Å². The molecule has 0 bridgehead atoms. The first kappa shape index (κ1) is 11.0. The molecular formula is C10H14BrN3. The number of hydrogen-bond donors (Lipinski definition) is 2. The lowest BCUT2D eigenvalue weighted by Crippen LogP contribution is -2.21. The molecule has 3 N–H and O–H groups in total. The minimum Gasteiger partial charge on any atom is -0.384 e. The number of nitrogens with two attached hydrogens (primary N) is 1. The van der Waals surface area contributed by atoms with Crippen molar-refractivity contribution in [3.63, 3.8) is 0 Å². The predicted molar refractivity (Wildman–Crippen MR) is 64.1 cm³/mol. The quantitative estimate of drug-likeness (QED) is 0.643. The van der Waals surface area contributed by atoms with Gasteiger partial charge in [0, 0.05) is 29.3 Å². The molecule has 0 unspecified atom stereocenters. The second kappa shape index (κ2) is 4.46. The molecule has 4 heteroatoms. The van der Waals surface area contributed by atoms with Gasteiger partial charge < -0.3 is 10.6 Å². The number of halogens is 1. The molecular weight excluding hydrogens is 242 g/mol. The van der Waals surface area contributed by atoms with Crippen molar-refractivity contribution < 1.29 is 0 Å². The Kier molecular flexibility index (Phi) is 3.52. The van der Waals surface area contributed by atoms with Gasteiger partial charge in [0.1, 0.15) is 5.84 Å². The zero-order valence-corrected chi connectivity index (χ0v) is 9.93. The largest absolute Gasteiger partial charge is 0.384 e. The molecule has 0 aliphatic rings. The van der Waals surface area contributed by atoms with E-state index in [0.717, 1.165) is 22.3 Å². The fourth-order valence-electron chi connectivity index (χ4n) is 1.23. The summed E-state index contributed by atoms with van der Waals surface area (Å²) < 4.78 is 0.941. The normalized spacial score (nSPS) is 9.93. The molecule has 76 valence electrons. The van der Waals surface area contributed by atoms with Crippen LogP contribution in [-0.2, 0) is 0 Å². The van der Waals surface area contributed by atoms with Gasteiger partial charge in [-0.3, -0.25) is 5.41 Å². The molecule has 0 spiro atoms. The van der Waals surface area contributed by atoms with E-state index in [9.17, 15) is 0 Å². The number of nitrogens with one attached hydrogen (secondary N) is 1. The van der Waals surface area contributed by atoms with E-state index < -0.39 is 0 Å². The van der Waals surface area contributed by atoms with Crippen LogP contribution in [0.3, 0.4) is 0 Å². The average Bonchev–Trinajstić information content (AvgIpc) is 2.16. The summed E-state index contributed by atoms with van der Waals surface area (Å²) in [7, 11) is 1.98. The Morgan fingerprint density at radius 3 is 2.71 bits per heavy atom. The summed E-state index contributed by atoms with van der Waals surface area (Å²) in [4.78, 5) is 2.06. The van der Waals surface area contributed by atoms with E-state index in [-0.39, 0.29) is 5.84 Å². The highest BCUT2D eigenvalue weighted by atomic mass is 79.9. The first-order valence-electron chi connectivity index (χ1n) is 4.41. The van der Waals surface area contributed by atoms with Crippen molar-refractivity contribution in [1.82, 2.24) is 0 Å². The van der Waals surface area contributed by atoms with E-state index in [1.54, 1.807) is 0 Å². The van der Waals surface area contributed by atoms with E-state index in [0.29, 0.717) is 0 Å². The zero-order valence-electron chi connectivity index (χ0n) is 8.34. The van der Waals surface area contributed by atoms with Gasteiger partial charge in [-0.15, -0.1) is 0 Å². The Bertz CT molecular complexity index is 349. The minimum atomic E-state index is 0.0987. The molecule has 1 aromatic carbocycles. The maximum Gasteiger partial charge on any atom is 0.124 e. The lowest BCUT2D eigenvalue weighted by Gasteiger charge is -2.20. The summed E-state index contributed by atoms with van der Waals surface area (Å²) in [6.07, 6.45) is 0. The van der Waals surface area contributed by atoms with Gasteiger partial charge in [-0.1, -0.05) is 15.9 Å². The fourth-order valence-corrected chi connectivity index (χ4v) is 1.59. The van der Waals surface area contributed by atoms with Gasteiger partial charge in [0.15, 0.2) is 0 Å². The fraction of sp³-hybridized carbons (Fsp3) is 0.300. The van der Waals surface area contributed by atoms with Crippen molar-refractivity contribution in [1.29, 1.82) is 5.41 Å². The summed E-state index contributed by atoms with van der Waals surface area (Å²) in [6.45, 7) is 2.95. The molecule has 0 amide bonds. The molecule has 1 aromatic rings. The lowest BCUT2D eigenvalue weighted by molar-refractivity contribution is 0.965.